The normalized spacial score (nSPS) is 11.0. The minimum Gasteiger partial charge on any atom is -0.481 e. The van der Waals surface area contributed by atoms with Crippen molar-refractivity contribution in [2.75, 3.05) is 0 Å². The molecule has 0 aliphatic heterocycles. The van der Waals surface area contributed by atoms with Gasteiger partial charge in [-0.25, -0.2) is 0 Å². The van der Waals surface area contributed by atoms with Crippen LogP contribution in [0.3, 0.4) is 0 Å². The number of fused-ring (bicyclic) bond motifs is 2. The van der Waals surface area contributed by atoms with Crippen molar-refractivity contribution in [3.63, 3.8) is 0 Å². The van der Waals surface area contributed by atoms with Crippen molar-refractivity contribution in [2.24, 2.45) is 0 Å². The molecule has 0 saturated carbocycles. The largest absolute Gasteiger partial charge is 0.481 e. The quantitative estimate of drug-likeness (QED) is 0.580. The van der Waals surface area contributed by atoms with Gasteiger partial charge in [0.05, 0.1) is 17.2 Å². The summed E-state index contributed by atoms with van der Waals surface area (Å²) in [7, 11) is 0. The Morgan fingerprint density at radius 1 is 1.08 bits per heavy atom. The van der Waals surface area contributed by atoms with Gasteiger partial charge < -0.3 is 14.3 Å². The average Bonchev–Trinajstić information content (AvgIpc) is 2.55. The van der Waals surface area contributed by atoms with Crippen LogP contribution >= 0.6 is 0 Å². The Morgan fingerprint density at radius 3 is 2.48 bits per heavy atom. The zero-order valence-corrected chi connectivity index (χ0v) is 13.8. The topological polar surface area (TPSA) is 93.8 Å². The van der Waals surface area contributed by atoms with Crippen LogP contribution in [0.15, 0.2) is 39.5 Å². The number of benzene rings is 2. The van der Waals surface area contributed by atoms with E-state index in [1.807, 2.05) is 0 Å². The van der Waals surface area contributed by atoms with Gasteiger partial charge in [-0.15, -0.1) is 0 Å². The minimum absolute atomic E-state index is 0.0790. The van der Waals surface area contributed by atoms with Crippen LogP contribution in [0.4, 0.5) is 0 Å². The van der Waals surface area contributed by atoms with E-state index in [0.717, 1.165) is 5.56 Å². The fourth-order valence-electron chi connectivity index (χ4n) is 2.81. The molecular weight excluding hydrogens is 324 g/mol. The molecule has 1 N–H and O–H groups in total. The molecule has 2 aromatic carbocycles. The zero-order valence-electron chi connectivity index (χ0n) is 13.8. The molecule has 6 nitrogen and oxygen atoms in total. The second-order valence-corrected chi connectivity index (χ2v) is 5.80. The molecule has 128 valence electrons. The number of carbonyl (C=O) groups is 2. The molecule has 0 fully saturated rings. The smallest absolute Gasteiger partial charge is 0.307 e. The van der Waals surface area contributed by atoms with E-state index in [4.69, 9.17) is 14.3 Å². The van der Waals surface area contributed by atoms with Gasteiger partial charge in [0, 0.05) is 12.5 Å². The first kappa shape index (κ1) is 16.7. The van der Waals surface area contributed by atoms with Crippen molar-refractivity contribution < 1.29 is 23.8 Å². The zero-order chi connectivity index (χ0) is 18.1. The number of aryl methyl sites for hydroxylation is 1. The van der Waals surface area contributed by atoms with Gasteiger partial charge in [0.1, 0.15) is 17.8 Å². The summed E-state index contributed by atoms with van der Waals surface area (Å²) in [6, 6.07) is 8.25. The highest BCUT2D eigenvalue weighted by Gasteiger charge is 2.15. The Hall–Kier alpha value is -3.15. The van der Waals surface area contributed by atoms with Gasteiger partial charge in [0.15, 0.2) is 0 Å². The summed E-state index contributed by atoms with van der Waals surface area (Å²) in [5.74, 6) is -1.40. The van der Waals surface area contributed by atoms with E-state index in [0.29, 0.717) is 27.5 Å². The Bertz CT molecular complexity index is 1060. The molecule has 1 heterocycles. The molecule has 3 rings (SSSR count). The van der Waals surface area contributed by atoms with Crippen molar-refractivity contribution in [3.05, 3.63) is 57.2 Å². The molecule has 0 amide bonds. The van der Waals surface area contributed by atoms with Gasteiger partial charge in [0.2, 0.25) is 5.43 Å². The second-order valence-electron chi connectivity index (χ2n) is 5.80. The molecule has 0 saturated heterocycles. The number of carboxylic acids is 1. The van der Waals surface area contributed by atoms with Crippen molar-refractivity contribution in [1.29, 1.82) is 0 Å². The van der Waals surface area contributed by atoms with E-state index in [1.165, 1.54) is 6.92 Å². The van der Waals surface area contributed by atoms with Crippen LogP contribution in [0.2, 0.25) is 0 Å². The monoisotopic (exact) mass is 340 g/mol. The minimum atomic E-state index is -1.00. The third kappa shape index (κ3) is 3.10. The summed E-state index contributed by atoms with van der Waals surface area (Å²) in [5.41, 5.74) is 2.28. The van der Waals surface area contributed by atoms with E-state index >= 15 is 0 Å². The van der Waals surface area contributed by atoms with E-state index in [9.17, 15) is 14.4 Å². The Labute approximate surface area is 142 Å². The average molecular weight is 340 g/mol. The van der Waals surface area contributed by atoms with Gasteiger partial charge in [-0.2, -0.15) is 0 Å². The molecule has 0 bridgehead atoms. The molecule has 0 radical (unpaired) electrons. The van der Waals surface area contributed by atoms with Gasteiger partial charge in [-0.1, -0.05) is 18.2 Å². The predicted octanol–water partition coefficient (Wildman–Crippen LogP) is 2.94. The molecule has 0 aliphatic rings. The number of rotatable bonds is 4. The summed E-state index contributed by atoms with van der Waals surface area (Å²) in [6.07, 6.45) is -0.238. The van der Waals surface area contributed by atoms with Gasteiger partial charge in [-0.05, 0) is 30.2 Å². The number of aliphatic carboxylic acids is 1. The molecule has 1 aromatic heterocycles. The van der Waals surface area contributed by atoms with E-state index in [-0.39, 0.29) is 24.0 Å². The Morgan fingerprint density at radius 2 is 1.80 bits per heavy atom. The lowest BCUT2D eigenvalue weighted by Crippen LogP contribution is -2.08. The molecule has 6 heteroatoms. The van der Waals surface area contributed by atoms with Gasteiger partial charge in [-0.3, -0.25) is 14.4 Å². The van der Waals surface area contributed by atoms with Crippen LogP contribution in [-0.4, -0.2) is 17.0 Å². The molecule has 0 atom stereocenters. The van der Waals surface area contributed by atoms with Crippen molar-refractivity contribution in [2.45, 2.75) is 26.9 Å². The van der Waals surface area contributed by atoms with Crippen molar-refractivity contribution in [3.8, 4) is 0 Å². The van der Waals surface area contributed by atoms with Crippen LogP contribution < -0.4 is 5.43 Å². The van der Waals surface area contributed by atoms with E-state index in [2.05, 4.69) is 0 Å². The number of para-hydroxylation sites is 1. The highest BCUT2D eigenvalue weighted by Crippen LogP contribution is 2.26. The second kappa shape index (κ2) is 6.39. The first-order valence-electron chi connectivity index (χ1n) is 7.70. The lowest BCUT2D eigenvalue weighted by atomic mass is 10.0. The predicted molar refractivity (Wildman–Crippen MR) is 91.5 cm³/mol. The maximum absolute atomic E-state index is 12.8. The summed E-state index contributed by atoms with van der Waals surface area (Å²) < 4.78 is 10.9. The Kier molecular flexibility index (Phi) is 4.27. The van der Waals surface area contributed by atoms with Crippen molar-refractivity contribution in [1.82, 2.24) is 0 Å². The summed E-state index contributed by atoms with van der Waals surface area (Å²) in [4.78, 5) is 34.8. The van der Waals surface area contributed by atoms with Crippen LogP contribution in [0.5, 0.6) is 0 Å². The molecule has 25 heavy (non-hydrogen) atoms. The Balaban J connectivity index is 2.27. The summed E-state index contributed by atoms with van der Waals surface area (Å²) in [5, 5.41) is 9.81. The highest BCUT2D eigenvalue weighted by molar-refractivity contribution is 5.93. The SMILES string of the molecule is CC(=O)OCc1ccc2c(=O)c3cccc(CC(=O)O)c3oc2c1C. The summed E-state index contributed by atoms with van der Waals surface area (Å²) in [6.45, 7) is 3.17. The molecule has 0 aliphatic carbocycles. The first-order valence-corrected chi connectivity index (χ1v) is 7.70. The van der Waals surface area contributed by atoms with Crippen LogP contribution in [-0.2, 0) is 27.4 Å². The molecular formula is C19H16O6. The number of carboxylic acid groups (broad SMARTS) is 1. The lowest BCUT2D eigenvalue weighted by Gasteiger charge is -2.11. The van der Waals surface area contributed by atoms with Crippen LogP contribution in [0.25, 0.3) is 21.9 Å². The number of carbonyl (C=O) groups excluding carboxylic acids is 1. The third-order valence-corrected chi connectivity index (χ3v) is 4.08. The number of hydrogen-bond donors (Lipinski definition) is 1. The lowest BCUT2D eigenvalue weighted by molar-refractivity contribution is -0.142. The van der Waals surface area contributed by atoms with Gasteiger partial charge >= 0.3 is 11.9 Å². The maximum Gasteiger partial charge on any atom is 0.307 e. The number of ether oxygens (including phenoxy) is 1. The standard InChI is InChI=1S/C19H16O6/c1-10-13(9-24-11(2)20)6-7-15-17(23)14-5-3-4-12(8-16(21)22)19(14)25-18(10)15/h3-7H,8-9H2,1-2H3,(H,21,22). The van der Waals surface area contributed by atoms with Crippen LogP contribution in [0, 0.1) is 6.92 Å². The fraction of sp³-hybridized carbons (Fsp3) is 0.211. The third-order valence-electron chi connectivity index (χ3n) is 4.08. The maximum atomic E-state index is 12.8. The first-order chi connectivity index (χ1) is 11.9. The van der Waals surface area contributed by atoms with Gasteiger partial charge in [0.25, 0.3) is 0 Å². The summed E-state index contributed by atoms with van der Waals surface area (Å²) >= 11 is 0. The molecule has 0 spiro atoms. The van der Waals surface area contributed by atoms with Crippen molar-refractivity contribution >= 4 is 33.9 Å². The van der Waals surface area contributed by atoms with E-state index in [1.54, 1.807) is 37.3 Å². The number of esters is 1. The number of hydrogen-bond acceptors (Lipinski definition) is 5. The fourth-order valence-corrected chi connectivity index (χ4v) is 2.81. The molecule has 3 aromatic rings. The molecule has 0 unspecified atom stereocenters. The van der Waals surface area contributed by atoms with Crippen LogP contribution in [0.1, 0.15) is 23.6 Å². The van der Waals surface area contributed by atoms with E-state index < -0.39 is 11.9 Å². The highest BCUT2D eigenvalue weighted by atomic mass is 16.5.